The Balaban J connectivity index is 2.14. The monoisotopic (exact) mass is 399 g/mol. The number of cyclic esters (lactones) is 1. The molecule has 0 radical (unpaired) electrons. The summed E-state index contributed by atoms with van der Waals surface area (Å²) >= 11 is 0. The molecule has 29 heavy (non-hydrogen) atoms. The number of imide groups is 1. The third kappa shape index (κ3) is 6.29. The molecule has 1 aliphatic rings. The van der Waals surface area contributed by atoms with Gasteiger partial charge in [-0.3, -0.25) is 4.79 Å². The highest BCUT2D eigenvalue weighted by Crippen LogP contribution is 2.24. The largest absolute Gasteiger partial charge is 0.447 e. The number of nitrogens with zero attached hydrogens (tertiary/aromatic N) is 1. The minimum atomic E-state index is -0.975. The van der Waals surface area contributed by atoms with Gasteiger partial charge in [-0.25, -0.2) is 9.69 Å². The van der Waals surface area contributed by atoms with Crippen molar-refractivity contribution in [3.8, 4) is 0 Å². The molecule has 0 spiro atoms. The lowest BCUT2D eigenvalue weighted by atomic mass is 9.91. The number of aliphatic hydroxyl groups is 1. The van der Waals surface area contributed by atoms with Gasteiger partial charge in [0.05, 0.1) is 18.1 Å². The third-order valence-corrected chi connectivity index (χ3v) is 4.96. The van der Waals surface area contributed by atoms with Gasteiger partial charge in [-0.2, -0.15) is 0 Å². The first kappa shape index (κ1) is 22.9. The number of rotatable bonds is 6. The number of aliphatic hydroxyl groups excluding tert-OH is 1. The number of carbonyl (C=O) groups is 2. The molecule has 1 aliphatic heterocycles. The van der Waals surface area contributed by atoms with Crippen molar-refractivity contribution in [1.29, 1.82) is 0 Å². The molecule has 1 N–H and O–H groups in total. The van der Waals surface area contributed by atoms with Crippen LogP contribution in [0.2, 0.25) is 0 Å². The van der Waals surface area contributed by atoms with Crippen LogP contribution in [-0.4, -0.2) is 40.8 Å². The number of ether oxygens (including phenoxy) is 1. The molecular weight excluding hydrogens is 366 g/mol. The van der Waals surface area contributed by atoms with Crippen LogP contribution >= 0.6 is 0 Å². The fourth-order valence-electron chi connectivity index (χ4n) is 3.68. The minimum Gasteiger partial charge on any atom is -0.447 e. The second kappa shape index (κ2) is 9.40. The Morgan fingerprint density at radius 1 is 1.28 bits per heavy atom. The second-order valence-corrected chi connectivity index (χ2v) is 9.00. The predicted octanol–water partition coefficient (Wildman–Crippen LogP) is 4.51. The van der Waals surface area contributed by atoms with Crippen molar-refractivity contribution in [2.24, 2.45) is 11.3 Å². The molecule has 0 aromatic heterocycles. The average Bonchev–Trinajstić information content (AvgIpc) is 2.99. The van der Waals surface area contributed by atoms with Crippen LogP contribution in [0.5, 0.6) is 0 Å². The smallest absolute Gasteiger partial charge is 0.416 e. The Kier molecular flexibility index (Phi) is 7.42. The van der Waals surface area contributed by atoms with Gasteiger partial charge in [0, 0.05) is 0 Å². The van der Waals surface area contributed by atoms with E-state index in [9.17, 15) is 14.7 Å². The van der Waals surface area contributed by atoms with Crippen LogP contribution in [0, 0.1) is 11.3 Å². The van der Waals surface area contributed by atoms with Gasteiger partial charge in [0.1, 0.15) is 6.61 Å². The first-order chi connectivity index (χ1) is 13.5. The number of amides is 2. The van der Waals surface area contributed by atoms with Crippen LogP contribution in [0.1, 0.15) is 47.1 Å². The first-order valence-electron chi connectivity index (χ1n) is 10.1. The molecule has 3 atom stereocenters. The van der Waals surface area contributed by atoms with E-state index in [0.29, 0.717) is 12.0 Å². The molecule has 158 valence electrons. The van der Waals surface area contributed by atoms with Crippen molar-refractivity contribution in [2.75, 3.05) is 6.61 Å². The maximum absolute atomic E-state index is 13.0. The van der Waals surface area contributed by atoms with Gasteiger partial charge in [0.2, 0.25) is 5.91 Å². The molecule has 1 aromatic rings. The molecule has 5 nitrogen and oxygen atoms in total. The summed E-state index contributed by atoms with van der Waals surface area (Å²) in [5.41, 5.74) is 2.77. The van der Waals surface area contributed by atoms with Crippen molar-refractivity contribution in [2.45, 2.75) is 60.1 Å². The molecule has 0 unspecified atom stereocenters. The fraction of sp³-hybridized carbons (Fsp3) is 0.500. The van der Waals surface area contributed by atoms with Gasteiger partial charge in [0.25, 0.3) is 0 Å². The number of hydrogen-bond donors (Lipinski definition) is 1. The summed E-state index contributed by atoms with van der Waals surface area (Å²) in [4.78, 5) is 26.4. The van der Waals surface area contributed by atoms with E-state index >= 15 is 0 Å². The van der Waals surface area contributed by atoms with Gasteiger partial charge in [0.15, 0.2) is 0 Å². The van der Waals surface area contributed by atoms with Crippen molar-refractivity contribution in [1.82, 2.24) is 4.90 Å². The number of allylic oxidation sites excluding steroid dienone is 3. The lowest BCUT2D eigenvalue weighted by Crippen LogP contribution is -2.45. The third-order valence-electron chi connectivity index (χ3n) is 4.96. The zero-order valence-electron chi connectivity index (χ0n) is 18.3. The summed E-state index contributed by atoms with van der Waals surface area (Å²) in [5.74, 6) is -1.16. The molecule has 0 aliphatic carbocycles. The van der Waals surface area contributed by atoms with E-state index in [1.54, 1.807) is 13.8 Å². The van der Waals surface area contributed by atoms with Gasteiger partial charge in [-0.05, 0) is 36.8 Å². The Morgan fingerprint density at radius 2 is 1.90 bits per heavy atom. The van der Waals surface area contributed by atoms with Crippen LogP contribution < -0.4 is 0 Å². The zero-order chi connectivity index (χ0) is 21.8. The summed E-state index contributed by atoms with van der Waals surface area (Å²) in [6, 6.07) is 9.33. The molecule has 2 amide bonds. The van der Waals surface area contributed by atoms with Gasteiger partial charge in [-0.1, -0.05) is 75.8 Å². The van der Waals surface area contributed by atoms with E-state index in [1.807, 2.05) is 43.3 Å². The maximum Gasteiger partial charge on any atom is 0.416 e. The van der Waals surface area contributed by atoms with E-state index in [0.717, 1.165) is 11.1 Å². The summed E-state index contributed by atoms with van der Waals surface area (Å²) in [6.45, 7) is 11.9. The van der Waals surface area contributed by atoms with Gasteiger partial charge < -0.3 is 9.84 Å². The first-order valence-corrected chi connectivity index (χ1v) is 10.1. The normalized spacial score (nSPS) is 20.4. The van der Waals surface area contributed by atoms with Crippen molar-refractivity contribution >= 4 is 12.0 Å². The summed E-state index contributed by atoms with van der Waals surface area (Å²) < 4.78 is 5.14. The Hall–Kier alpha value is -2.40. The fourth-order valence-corrected chi connectivity index (χ4v) is 3.68. The van der Waals surface area contributed by atoms with E-state index < -0.39 is 24.0 Å². The average molecular weight is 400 g/mol. The van der Waals surface area contributed by atoms with E-state index in [-0.39, 0.29) is 18.1 Å². The summed E-state index contributed by atoms with van der Waals surface area (Å²) in [6.07, 6.45) is 2.92. The molecule has 0 bridgehead atoms. The number of carbonyl (C=O) groups excluding carboxylic acids is 2. The summed E-state index contributed by atoms with van der Waals surface area (Å²) in [7, 11) is 0. The SMILES string of the molecule is CC(=C\C(C)(C)C)/C=C(\C)[C@H](O)[C@@H](C)C(=O)N1C(=O)OC[C@H]1Cc1ccccc1. The van der Waals surface area contributed by atoms with Crippen LogP contribution in [0.15, 0.2) is 53.6 Å². The van der Waals surface area contributed by atoms with E-state index in [4.69, 9.17) is 4.74 Å². The number of hydrogen-bond acceptors (Lipinski definition) is 4. The highest BCUT2D eigenvalue weighted by Gasteiger charge is 2.41. The maximum atomic E-state index is 13.0. The van der Waals surface area contributed by atoms with E-state index in [2.05, 4.69) is 26.8 Å². The molecule has 5 heteroatoms. The molecule has 1 aromatic carbocycles. The topological polar surface area (TPSA) is 66.8 Å². The van der Waals surface area contributed by atoms with Crippen LogP contribution in [0.25, 0.3) is 0 Å². The second-order valence-electron chi connectivity index (χ2n) is 9.00. The highest BCUT2D eigenvalue weighted by atomic mass is 16.6. The highest BCUT2D eigenvalue weighted by molar-refractivity contribution is 5.95. The van der Waals surface area contributed by atoms with Crippen molar-refractivity contribution in [3.05, 3.63) is 59.2 Å². The van der Waals surface area contributed by atoms with Crippen molar-refractivity contribution in [3.63, 3.8) is 0 Å². The Labute approximate surface area is 174 Å². The summed E-state index contributed by atoms with van der Waals surface area (Å²) in [5, 5.41) is 10.7. The Morgan fingerprint density at radius 3 is 2.48 bits per heavy atom. The van der Waals surface area contributed by atoms with Gasteiger partial charge in [-0.15, -0.1) is 0 Å². The zero-order valence-corrected chi connectivity index (χ0v) is 18.3. The van der Waals surface area contributed by atoms with Crippen LogP contribution in [0.3, 0.4) is 0 Å². The Bertz CT molecular complexity index is 789. The molecule has 1 heterocycles. The quantitative estimate of drug-likeness (QED) is 0.715. The van der Waals surface area contributed by atoms with Crippen molar-refractivity contribution < 1.29 is 19.4 Å². The predicted molar refractivity (Wildman–Crippen MR) is 114 cm³/mol. The lowest BCUT2D eigenvalue weighted by Gasteiger charge is -2.26. The molecule has 2 rings (SSSR count). The van der Waals surface area contributed by atoms with Gasteiger partial charge >= 0.3 is 6.09 Å². The van der Waals surface area contributed by atoms with Crippen LogP contribution in [0.4, 0.5) is 4.79 Å². The standard InChI is InChI=1S/C24H33NO4/c1-16(14-24(4,5)6)12-17(2)21(26)18(3)22(27)25-20(15-29-23(25)28)13-19-10-8-7-9-11-19/h7-12,14,18,20-21,26H,13,15H2,1-6H3/b16-14+,17-12+/t18-,20-,21+/m1/s1. The molecule has 1 fully saturated rings. The molecular formula is C24H33NO4. The number of benzene rings is 1. The van der Waals surface area contributed by atoms with Crippen LogP contribution in [-0.2, 0) is 16.0 Å². The van der Waals surface area contributed by atoms with E-state index in [1.165, 1.54) is 4.90 Å². The lowest BCUT2D eigenvalue weighted by molar-refractivity contribution is -0.135. The molecule has 0 saturated carbocycles. The molecule has 1 saturated heterocycles. The minimum absolute atomic E-state index is 0.0250.